The van der Waals surface area contributed by atoms with E-state index in [0.29, 0.717) is 5.52 Å². The summed E-state index contributed by atoms with van der Waals surface area (Å²) in [6.07, 6.45) is -3.74. The summed E-state index contributed by atoms with van der Waals surface area (Å²) < 4.78 is 36.4. The highest BCUT2D eigenvalue weighted by Gasteiger charge is 2.38. The molecule has 1 amide bonds. The molecule has 1 aromatic carbocycles. The maximum absolute atomic E-state index is 12.1. The van der Waals surface area contributed by atoms with Crippen LogP contribution in [0, 0.1) is 0 Å². The number of carbonyl (C=O) groups is 2. The number of fused-ring (bicyclic) bond motifs is 1. The fourth-order valence-electron chi connectivity index (χ4n) is 1.61. The molecule has 20 heavy (non-hydrogen) atoms. The first-order valence-corrected chi connectivity index (χ1v) is 5.29. The highest BCUT2D eigenvalue weighted by Crippen LogP contribution is 2.23. The molecule has 2 N–H and O–H groups in total. The minimum atomic E-state index is -5.01. The van der Waals surface area contributed by atoms with E-state index in [1.807, 2.05) is 0 Å². The Morgan fingerprint density at radius 1 is 1.20 bits per heavy atom. The molecule has 0 bridgehead atoms. The van der Waals surface area contributed by atoms with Gasteiger partial charge in [-0.05, 0) is 24.3 Å². The van der Waals surface area contributed by atoms with Crippen molar-refractivity contribution < 1.29 is 27.9 Å². The van der Waals surface area contributed by atoms with Gasteiger partial charge < -0.3 is 10.4 Å². The lowest BCUT2D eigenvalue weighted by atomic mass is 10.1. The van der Waals surface area contributed by atoms with Gasteiger partial charge in [0.1, 0.15) is 0 Å². The second-order valence-corrected chi connectivity index (χ2v) is 3.85. The number of amides is 1. The number of alkyl halides is 3. The Kier molecular flexibility index (Phi) is 3.31. The molecule has 0 saturated carbocycles. The van der Waals surface area contributed by atoms with Crippen molar-refractivity contribution in [1.29, 1.82) is 0 Å². The summed E-state index contributed by atoms with van der Waals surface area (Å²) in [4.78, 5) is 25.7. The molecule has 1 heterocycles. The van der Waals surface area contributed by atoms with Crippen molar-refractivity contribution in [2.24, 2.45) is 0 Å². The number of aromatic nitrogens is 1. The van der Waals surface area contributed by atoms with E-state index in [1.54, 1.807) is 5.32 Å². The van der Waals surface area contributed by atoms with Crippen molar-refractivity contribution in [1.82, 2.24) is 4.98 Å². The lowest BCUT2D eigenvalue weighted by Gasteiger charge is -2.09. The van der Waals surface area contributed by atoms with Crippen LogP contribution in [0.25, 0.3) is 10.9 Å². The first kappa shape index (κ1) is 13.8. The number of anilines is 1. The molecule has 0 saturated heterocycles. The molecular weight excluding hydrogens is 277 g/mol. The van der Waals surface area contributed by atoms with Gasteiger partial charge in [-0.3, -0.25) is 9.78 Å². The van der Waals surface area contributed by atoms with Crippen LogP contribution in [0.1, 0.15) is 10.4 Å². The van der Waals surface area contributed by atoms with Crippen molar-refractivity contribution in [2.45, 2.75) is 6.18 Å². The number of nitrogens with one attached hydrogen (secondary N) is 1. The molecule has 5 nitrogen and oxygen atoms in total. The minimum absolute atomic E-state index is 0.113. The molecule has 0 radical (unpaired) electrons. The van der Waals surface area contributed by atoms with Crippen LogP contribution in [-0.4, -0.2) is 28.1 Å². The number of nitrogens with zero attached hydrogens (tertiary/aromatic N) is 1. The average molecular weight is 284 g/mol. The normalized spacial score (nSPS) is 11.3. The van der Waals surface area contributed by atoms with Crippen LogP contribution in [0.4, 0.5) is 18.9 Å². The summed E-state index contributed by atoms with van der Waals surface area (Å²) in [5, 5.41) is 10.8. The summed E-state index contributed by atoms with van der Waals surface area (Å²) in [5.41, 5.74) is 0.0309. The van der Waals surface area contributed by atoms with Gasteiger partial charge in [0.2, 0.25) is 0 Å². The van der Waals surface area contributed by atoms with Gasteiger partial charge in [-0.2, -0.15) is 13.2 Å². The van der Waals surface area contributed by atoms with Crippen LogP contribution in [0.2, 0.25) is 0 Å². The van der Waals surface area contributed by atoms with Crippen molar-refractivity contribution in [3.63, 3.8) is 0 Å². The van der Waals surface area contributed by atoms with E-state index in [-0.39, 0.29) is 16.6 Å². The number of hydrogen-bond donors (Lipinski definition) is 2. The van der Waals surface area contributed by atoms with E-state index in [1.165, 1.54) is 24.4 Å². The molecule has 0 aliphatic heterocycles. The molecule has 0 fully saturated rings. The van der Waals surface area contributed by atoms with Crippen LogP contribution < -0.4 is 5.32 Å². The van der Waals surface area contributed by atoms with Gasteiger partial charge in [0, 0.05) is 17.3 Å². The fraction of sp³-hybridized carbons (Fsp3) is 0.0833. The summed E-state index contributed by atoms with van der Waals surface area (Å²) in [5.74, 6) is -3.37. The zero-order valence-corrected chi connectivity index (χ0v) is 9.73. The van der Waals surface area contributed by atoms with E-state index in [2.05, 4.69) is 4.98 Å². The molecule has 0 aliphatic carbocycles. The molecule has 1 aromatic heterocycles. The van der Waals surface area contributed by atoms with Gasteiger partial charge in [0.05, 0.1) is 11.1 Å². The van der Waals surface area contributed by atoms with E-state index >= 15 is 0 Å². The van der Waals surface area contributed by atoms with Gasteiger partial charge in [-0.25, -0.2) is 4.79 Å². The maximum Gasteiger partial charge on any atom is 0.471 e. The predicted octanol–water partition coefficient (Wildman–Crippen LogP) is 2.43. The van der Waals surface area contributed by atoms with Crippen molar-refractivity contribution >= 4 is 28.5 Å². The zero-order chi connectivity index (χ0) is 14.9. The Labute approximate surface area is 110 Å². The van der Waals surface area contributed by atoms with Gasteiger partial charge in [-0.15, -0.1) is 0 Å². The number of carboxylic acids is 1. The van der Waals surface area contributed by atoms with Crippen LogP contribution in [0.5, 0.6) is 0 Å². The van der Waals surface area contributed by atoms with E-state index in [4.69, 9.17) is 5.11 Å². The number of rotatable bonds is 2. The molecule has 2 aromatic rings. The molecular formula is C12H7F3N2O3. The summed E-state index contributed by atoms with van der Waals surface area (Å²) in [6.45, 7) is 0. The average Bonchev–Trinajstić information content (AvgIpc) is 2.36. The SMILES string of the molecule is O=C(O)c1ccnc2ccc(NC(=O)C(F)(F)F)cc12. The van der Waals surface area contributed by atoms with E-state index < -0.39 is 18.1 Å². The monoisotopic (exact) mass is 284 g/mol. The predicted molar refractivity (Wildman–Crippen MR) is 63.4 cm³/mol. The third-order valence-corrected chi connectivity index (χ3v) is 2.49. The molecule has 0 spiro atoms. The standard InChI is InChI=1S/C12H7F3N2O3/c13-12(14,15)11(20)17-6-1-2-9-8(5-6)7(10(18)19)3-4-16-9/h1-5H,(H,17,20)(H,18,19). The second-order valence-electron chi connectivity index (χ2n) is 3.85. The molecule has 0 unspecified atom stereocenters. The first-order chi connectivity index (χ1) is 9.29. The number of carbonyl (C=O) groups excluding carboxylic acids is 1. The van der Waals surface area contributed by atoms with Gasteiger partial charge in [0.25, 0.3) is 0 Å². The smallest absolute Gasteiger partial charge is 0.471 e. The Hall–Kier alpha value is -2.64. The van der Waals surface area contributed by atoms with Crippen LogP contribution in [0.15, 0.2) is 30.5 Å². The Bertz CT molecular complexity index is 698. The zero-order valence-electron chi connectivity index (χ0n) is 9.73. The minimum Gasteiger partial charge on any atom is -0.478 e. The topological polar surface area (TPSA) is 79.3 Å². The maximum atomic E-state index is 12.1. The summed E-state index contributed by atoms with van der Waals surface area (Å²) in [6, 6.07) is 4.90. The van der Waals surface area contributed by atoms with Crippen molar-refractivity contribution in [3.8, 4) is 0 Å². The van der Waals surface area contributed by atoms with Gasteiger partial charge >= 0.3 is 18.1 Å². The largest absolute Gasteiger partial charge is 0.478 e. The molecule has 8 heteroatoms. The number of halogens is 3. The third kappa shape index (κ3) is 2.68. The Balaban J connectivity index is 2.45. The van der Waals surface area contributed by atoms with Crippen molar-refractivity contribution in [2.75, 3.05) is 5.32 Å². The number of benzene rings is 1. The first-order valence-electron chi connectivity index (χ1n) is 5.29. The number of carboxylic acid groups (broad SMARTS) is 1. The summed E-state index contributed by atoms with van der Waals surface area (Å²) >= 11 is 0. The Morgan fingerprint density at radius 3 is 2.50 bits per heavy atom. The van der Waals surface area contributed by atoms with Crippen LogP contribution >= 0.6 is 0 Å². The van der Waals surface area contributed by atoms with E-state index in [9.17, 15) is 22.8 Å². The molecule has 104 valence electrons. The quantitative estimate of drug-likeness (QED) is 0.887. The molecule has 0 aliphatic rings. The highest BCUT2D eigenvalue weighted by molar-refractivity contribution is 6.04. The fourth-order valence-corrected chi connectivity index (χ4v) is 1.61. The van der Waals surface area contributed by atoms with Crippen LogP contribution in [0.3, 0.4) is 0 Å². The Morgan fingerprint density at radius 2 is 1.90 bits per heavy atom. The summed E-state index contributed by atoms with van der Waals surface area (Å²) in [7, 11) is 0. The number of hydrogen-bond acceptors (Lipinski definition) is 3. The third-order valence-electron chi connectivity index (χ3n) is 2.49. The second kappa shape index (κ2) is 4.80. The number of aromatic carboxylic acids is 1. The van der Waals surface area contributed by atoms with Gasteiger partial charge in [-0.1, -0.05) is 0 Å². The molecule has 2 rings (SSSR count). The lowest BCUT2D eigenvalue weighted by molar-refractivity contribution is -0.167. The molecule has 0 atom stereocenters. The van der Waals surface area contributed by atoms with Crippen LogP contribution in [-0.2, 0) is 4.79 Å². The highest BCUT2D eigenvalue weighted by atomic mass is 19.4. The van der Waals surface area contributed by atoms with Crippen molar-refractivity contribution in [3.05, 3.63) is 36.0 Å². The number of pyridine rings is 1. The van der Waals surface area contributed by atoms with E-state index in [0.717, 1.165) is 6.07 Å². The lowest BCUT2D eigenvalue weighted by Crippen LogP contribution is -2.29. The van der Waals surface area contributed by atoms with Gasteiger partial charge in [0.15, 0.2) is 0 Å².